The van der Waals surface area contributed by atoms with Crippen molar-refractivity contribution in [3.63, 3.8) is 0 Å². The highest BCUT2D eigenvalue weighted by Gasteiger charge is 2.25. The van der Waals surface area contributed by atoms with Gasteiger partial charge in [-0.1, -0.05) is 17.7 Å². The first-order chi connectivity index (χ1) is 10.1. The van der Waals surface area contributed by atoms with E-state index in [4.69, 9.17) is 4.74 Å². The van der Waals surface area contributed by atoms with Gasteiger partial charge in [-0.05, 0) is 39.1 Å². The second kappa shape index (κ2) is 7.78. The van der Waals surface area contributed by atoms with Crippen molar-refractivity contribution in [3.8, 4) is 0 Å². The van der Waals surface area contributed by atoms with E-state index in [1.165, 1.54) is 23.2 Å². The van der Waals surface area contributed by atoms with E-state index in [2.05, 4.69) is 54.3 Å². The van der Waals surface area contributed by atoms with E-state index in [1.54, 1.807) is 7.11 Å². The summed E-state index contributed by atoms with van der Waals surface area (Å²) in [6.07, 6.45) is 1.25. The molecule has 0 bridgehead atoms. The first kappa shape index (κ1) is 16.3. The number of ether oxygens (including phenoxy) is 1. The summed E-state index contributed by atoms with van der Waals surface area (Å²) in [6, 6.07) is 7.47. The van der Waals surface area contributed by atoms with Crippen LogP contribution in [-0.4, -0.2) is 58.4 Å². The zero-order valence-electron chi connectivity index (χ0n) is 13.9. The van der Waals surface area contributed by atoms with Crippen LogP contribution in [0, 0.1) is 6.92 Å². The summed E-state index contributed by atoms with van der Waals surface area (Å²) < 4.78 is 5.10. The van der Waals surface area contributed by atoms with Crippen molar-refractivity contribution in [2.75, 3.05) is 52.3 Å². The van der Waals surface area contributed by atoms with Gasteiger partial charge in [0.25, 0.3) is 0 Å². The topological polar surface area (TPSA) is 27.7 Å². The van der Waals surface area contributed by atoms with Crippen LogP contribution >= 0.6 is 0 Å². The molecule has 0 aliphatic carbocycles. The summed E-state index contributed by atoms with van der Waals surface area (Å²) >= 11 is 0. The highest BCUT2D eigenvalue weighted by molar-refractivity contribution is 5.56. The molecule has 118 valence electrons. The minimum absolute atomic E-state index is 0.667. The lowest BCUT2D eigenvalue weighted by Gasteiger charge is -2.24. The fourth-order valence-corrected chi connectivity index (χ4v) is 2.94. The Labute approximate surface area is 129 Å². The molecule has 4 heteroatoms. The molecule has 1 aliphatic rings. The molecule has 2 rings (SSSR count). The van der Waals surface area contributed by atoms with Gasteiger partial charge in [0.1, 0.15) is 0 Å². The lowest BCUT2D eigenvalue weighted by atomic mass is 10.1. The first-order valence-electron chi connectivity index (χ1n) is 7.82. The largest absolute Gasteiger partial charge is 0.383 e. The molecule has 4 nitrogen and oxygen atoms in total. The summed E-state index contributed by atoms with van der Waals surface area (Å²) in [6.45, 7) is 6.99. The normalized spacial score (nSPS) is 18.7. The van der Waals surface area contributed by atoms with Gasteiger partial charge in [0.05, 0.1) is 6.61 Å². The molecule has 1 aromatic carbocycles. The molecular formula is C17H29N3O. The number of methoxy groups -OCH3 is 1. The molecular weight excluding hydrogens is 262 g/mol. The Hall–Kier alpha value is -1.10. The smallest absolute Gasteiger partial charge is 0.0587 e. The molecule has 0 spiro atoms. The number of likely N-dealkylation sites (N-methyl/N-ethyl adjacent to an activating group) is 1. The van der Waals surface area contributed by atoms with Gasteiger partial charge < -0.3 is 19.9 Å². The van der Waals surface area contributed by atoms with Crippen molar-refractivity contribution in [1.82, 2.24) is 10.2 Å². The maximum Gasteiger partial charge on any atom is 0.0587 e. The van der Waals surface area contributed by atoms with Crippen LogP contribution in [0.3, 0.4) is 0 Å². The molecule has 1 fully saturated rings. The van der Waals surface area contributed by atoms with Gasteiger partial charge in [0.15, 0.2) is 0 Å². The highest BCUT2D eigenvalue weighted by atomic mass is 16.5. The zero-order chi connectivity index (χ0) is 15.2. The third-order valence-electron chi connectivity index (χ3n) is 4.27. The predicted octanol–water partition coefficient (Wildman–Crippen LogP) is 1.87. The van der Waals surface area contributed by atoms with Crippen molar-refractivity contribution in [3.05, 3.63) is 29.3 Å². The number of nitrogens with one attached hydrogen (secondary N) is 1. The monoisotopic (exact) mass is 291 g/mol. The van der Waals surface area contributed by atoms with Crippen LogP contribution < -0.4 is 10.2 Å². The van der Waals surface area contributed by atoms with Crippen LogP contribution in [0.1, 0.15) is 17.5 Å². The van der Waals surface area contributed by atoms with Gasteiger partial charge in [-0.3, -0.25) is 0 Å². The Morgan fingerprint density at radius 3 is 2.86 bits per heavy atom. The van der Waals surface area contributed by atoms with Crippen LogP contribution in [0.25, 0.3) is 0 Å². The van der Waals surface area contributed by atoms with E-state index in [-0.39, 0.29) is 0 Å². The molecule has 0 radical (unpaired) electrons. The molecule has 1 saturated heterocycles. The number of hydrogen-bond acceptors (Lipinski definition) is 4. The zero-order valence-corrected chi connectivity index (χ0v) is 13.9. The van der Waals surface area contributed by atoms with E-state index in [9.17, 15) is 0 Å². The first-order valence-corrected chi connectivity index (χ1v) is 7.82. The van der Waals surface area contributed by atoms with Gasteiger partial charge in [0, 0.05) is 45.0 Å². The van der Waals surface area contributed by atoms with Crippen molar-refractivity contribution >= 4 is 5.69 Å². The Balaban J connectivity index is 2.04. The minimum atomic E-state index is 0.667. The standard InChI is InChI=1S/C17H29N3O/c1-14-5-6-17(15(11-14)12-18-8-10-21-4)20-9-7-16(13-20)19(2)3/h5-6,11,16,18H,7-10,12-13H2,1-4H3. The number of anilines is 1. The molecule has 1 aromatic rings. The summed E-state index contributed by atoms with van der Waals surface area (Å²) in [5.41, 5.74) is 4.10. The van der Waals surface area contributed by atoms with E-state index < -0.39 is 0 Å². The van der Waals surface area contributed by atoms with Crippen molar-refractivity contribution in [2.24, 2.45) is 0 Å². The molecule has 1 heterocycles. The lowest BCUT2D eigenvalue weighted by Crippen LogP contribution is -2.32. The minimum Gasteiger partial charge on any atom is -0.383 e. The van der Waals surface area contributed by atoms with Crippen molar-refractivity contribution in [1.29, 1.82) is 0 Å². The average Bonchev–Trinajstić information content (AvgIpc) is 2.93. The second-order valence-electron chi connectivity index (χ2n) is 6.15. The maximum atomic E-state index is 5.10. The Morgan fingerprint density at radius 1 is 1.38 bits per heavy atom. The summed E-state index contributed by atoms with van der Waals surface area (Å²) in [5, 5.41) is 3.47. The summed E-state index contributed by atoms with van der Waals surface area (Å²) in [5.74, 6) is 0. The van der Waals surface area contributed by atoms with Crippen LogP contribution in [0.5, 0.6) is 0 Å². The molecule has 1 atom stereocenters. The van der Waals surface area contributed by atoms with Crippen molar-refractivity contribution < 1.29 is 4.74 Å². The van der Waals surface area contributed by atoms with Gasteiger partial charge in [-0.2, -0.15) is 0 Å². The van der Waals surface area contributed by atoms with Gasteiger partial charge in [-0.15, -0.1) is 0 Å². The third kappa shape index (κ3) is 4.43. The Morgan fingerprint density at radius 2 is 2.19 bits per heavy atom. The summed E-state index contributed by atoms with van der Waals surface area (Å²) in [4.78, 5) is 4.86. The number of hydrogen-bond donors (Lipinski definition) is 1. The lowest BCUT2D eigenvalue weighted by molar-refractivity contribution is 0.199. The van der Waals surface area contributed by atoms with E-state index >= 15 is 0 Å². The summed E-state index contributed by atoms with van der Waals surface area (Å²) in [7, 11) is 6.10. The number of rotatable bonds is 7. The molecule has 1 unspecified atom stereocenters. The molecule has 0 amide bonds. The van der Waals surface area contributed by atoms with E-state index in [0.717, 1.165) is 32.8 Å². The second-order valence-corrected chi connectivity index (χ2v) is 6.15. The van der Waals surface area contributed by atoms with Gasteiger partial charge in [-0.25, -0.2) is 0 Å². The third-order valence-corrected chi connectivity index (χ3v) is 4.27. The Kier molecular flexibility index (Phi) is 6.03. The molecule has 21 heavy (non-hydrogen) atoms. The highest BCUT2D eigenvalue weighted by Crippen LogP contribution is 2.26. The molecule has 1 aliphatic heterocycles. The fourth-order valence-electron chi connectivity index (χ4n) is 2.94. The van der Waals surface area contributed by atoms with Crippen LogP contribution in [0.4, 0.5) is 5.69 Å². The van der Waals surface area contributed by atoms with E-state index in [0.29, 0.717) is 6.04 Å². The van der Waals surface area contributed by atoms with E-state index in [1.807, 2.05) is 0 Å². The van der Waals surface area contributed by atoms with Gasteiger partial charge in [0.2, 0.25) is 0 Å². The van der Waals surface area contributed by atoms with Crippen LogP contribution in [0.2, 0.25) is 0 Å². The average molecular weight is 291 g/mol. The van der Waals surface area contributed by atoms with Gasteiger partial charge >= 0.3 is 0 Å². The molecule has 0 aromatic heterocycles. The SMILES string of the molecule is COCCNCc1cc(C)ccc1N1CCC(N(C)C)C1. The maximum absolute atomic E-state index is 5.10. The number of aryl methyl sites for hydroxylation is 1. The van der Waals surface area contributed by atoms with Crippen LogP contribution in [-0.2, 0) is 11.3 Å². The van der Waals surface area contributed by atoms with Crippen LogP contribution in [0.15, 0.2) is 18.2 Å². The van der Waals surface area contributed by atoms with Crippen molar-refractivity contribution in [2.45, 2.75) is 25.9 Å². The molecule has 0 saturated carbocycles. The molecule has 1 N–H and O–H groups in total. The predicted molar refractivity (Wildman–Crippen MR) is 89.1 cm³/mol. The number of benzene rings is 1. The number of nitrogens with zero attached hydrogens (tertiary/aromatic N) is 2. The quantitative estimate of drug-likeness (QED) is 0.776. The Bertz CT molecular complexity index is 448. The fraction of sp³-hybridized carbons (Fsp3) is 0.647.